The lowest BCUT2D eigenvalue weighted by molar-refractivity contribution is -0.384. The lowest BCUT2D eigenvalue weighted by atomic mass is 10.1. The van der Waals surface area contributed by atoms with E-state index in [4.69, 9.17) is 20.4 Å². The molecule has 0 saturated heterocycles. The number of benzene rings is 1. The van der Waals surface area contributed by atoms with Crippen LogP contribution in [0.2, 0.25) is 5.02 Å². The van der Waals surface area contributed by atoms with Gasteiger partial charge in [-0.05, 0) is 30.3 Å². The number of aromatic nitrogens is 4. The highest BCUT2D eigenvalue weighted by atomic mass is 35.5. The van der Waals surface area contributed by atoms with Crippen LogP contribution in [0.4, 0.5) is 5.69 Å². The minimum Gasteiger partial charge on any atom is -0.461 e. The highest BCUT2D eigenvalue weighted by Gasteiger charge is 2.19. The molecule has 0 amide bonds. The minimum atomic E-state index is -0.501. The lowest BCUT2D eigenvalue weighted by Crippen LogP contribution is -1.89. The van der Waals surface area contributed by atoms with E-state index >= 15 is 0 Å². The van der Waals surface area contributed by atoms with E-state index in [0.29, 0.717) is 38.6 Å². The van der Waals surface area contributed by atoms with Crippen molar-refractivity contribution in [2.24, 2.45) is 0 Å². The number of non-ortho nitro benzene ring substituents is 1. The first-order valence-electron chi connectivity index (χ1n) is 7.91. The van der Waals surface area contributed by atoms with Crippen molar-refractivity contribution in [3.8, 4) is 33.7 Å². The van der Waals surface area contributed by atoms with E-state index in [1.54, 1.807) is 41.1 Å². The summed E-state index contributed by atoms with van der Waals surface area (Å²) in [5, 5.41) is 24.4. The molecular formula is C17H8ClN5O4S. The Bertz CT molecular complexity index is 1320. The van der Waals surface area contributed by atoms with Crippen molar-refractivity contribution in [1.29, 1.82) is 0 Å². The van der Waals surface area contributed by atoms with Crippen LogP contribution in [0.15, 0.2) is 57.6 Å². The first-order chi connectivity index (χ1) is 13.6. The van der Waals surface area contributed by atoms with Gasteiger partial charge in [0.1, 0.15) is 5.76 Å². The normalized spacial score (nSPS) is 11.3. The smallest absolute Gasteiger partial charge is 0.270 e. The molecule has 0 fully saturated rings. The van der Waals surface area contributed by atoms with Gasteiger partial charge in [0.2, 0.25) is 10.8 Å². The van der Waals surface area contributed by atoms with Crippen LogP contribution >= 0.6 is 22.9 Å². The molecule has 0 radical (unpaired) electrons. The van der Waals surface area contributed by atoms with E-state index in [-0.39, 0.29) is 10.7 Å². The van der Waals surface area contributed by atoms with Crippen molar-refractivity contribution in [1.82, 2.24) is 19.8 Å². The van der Waals surface area contributed by atoms with Gasteiger partial charge < -0.3 is 8.83 Å². The Morgan fingerprint density at radius 2 is 1.96 bits per heavy atom. The van der Waals surface area contributed by atoms with Gasteiger partial charge in [-0.1, -0.05) is 22.9 Å². The highest BCUT2D eigenvalue weighted by molar-refractivity contribution is 7.19. The maximum atomic E-state index is 10.9. The van der Waals surface area contributed by atoms with Crippen molar-refractivity contribution in [2.75, 3.05) is 0 Å². The van der Waals surface area contributed by atoms with Gasteiger partial charge >= 0.3 is 0 Å². The third kappa shape index (κ3) is 2.66. The zero-order valence-corrected chi connectivity index (χ0v) is 15.3. The van der Waals surface area contributed by atoms with Crippen molar-refractivity contribution in [3.63, 3.8) is 0 Å². The van der Waals surface area contributed by atoms with Gasteiger partial charge in [0.15, 0.2) is 16.5 Å². The lowest BCUT2D eigenvalue weighted by Gasteiger charge is -2.00. The molecule has 0 saturated carbocycles. The predicted octanol–water partition coefficient (Wildman–Crippen LogP) is 4.93. The molecule has 0 unspecified atom stereocenters. The van der Waals surface area contributed by atoms with Gasteiger partial charge in [-0.15, -0.1) is 15.3 Å². The van der Waals surface area contributed by atoms with Crippen molar-refractivity contribution < 1.29 is 13.8 Å². The Labute approximate surface area is 165 Å². The van der Waals surface area contributed by atoms with E-state index in [2.05, 4.69) is 15.3 Å². The Morgan fingerprint density at radius 3 is 2.71 bits per heavy atom. The standard InChI is InChI=1S/C17H8ClN5O4S/c18-11-8-9(23(24)25)3-4-10(11)12-5-6-14(27-12)16-21-22-15(13-2-1-7-26-13)19-20-17(22)28-16/h1-8H. The van der Waals surface area contributed by atoms with Crippen molar-refractivity contribution in [3.05, 3.63) is 63.9 Å². The van der Waals surface area contributed by atoms with E-state index in [9.17, 15) is 10.1 Å². The van der Waals surface area contributed by atoms with Crippen molar-refractivity contribution in [2.45, 2.75) is 0 Å². The van der Waals surface area contributed by atoms with Gasteiger partial charge in [0.05, 0.1) is 16.2 Å². The molecule has 0 aliphatic rings. The second-order valence-corrected chi connectivity index (χ2v) is 7.05. The molecular weight excluding hydrogens is 406 g/mol. The van der Waals surface area contributed by atoms with Gasteiger partial charge in [-0.3, -0.25) is 10.1 Å². The minimum absolute atomic E-state index is 0.0837. The van der Waals surface area contributed by atoms with E-state index in [1.807, 2.05) is 0 Å². The summed E-state index contributed by atoms with van der Waals surface area (Å²) in [5.74, 6) is 2.05. The van der Waals surface area contributed by atoms with Crippen LogP contribution in [-0.4, -0.2) is 24.7 Å². The number of hydrogen-bond donors (Lipinski definition) is 0. The zero-order chi connectivity index (χ0) is 19.3. The largest absolute Gasteiger partial charge is 0.461 e. The molecule has 11 heteroatoms. The summed E-state index contributed by atoms with van der Waals surface area (Å²) in [5.41, 5.74) is 0.470. The summed E-state index contributed by atoms with van der Waals surface area (Å²) < 4.78 is 12.8. The SMILES string of the molecule is O=[N+]([O-])c1ccc(-c2ccc(-c3nn4c(-c5ccco5)nnc4s3)o2)c(Cl)c1. The van der Waals surface area contributed by atoms with Crippen LogP contribution in [0.5, 0.6) is 0 Å². The van der Waals surface area contributed by atoms with Crippen LogP contribution in [0.25, 0.3) is 38.6 Å². The molecule has 0 spiro atoms. The first-order valence-corrected chi connectivity index (χ1v) is 9.10. The average Bonchev–Trinajstić information content (AvgIpc) is 3.43. The molecule has 4 aromatic heterocycles. The van der Waals surface area contributed by atoms with Crippen LogP contribution in [0.3, 0.4) is 0 Å². The number of fused-ring (bicyclic) bond motifs is 1. The summed E-state index contributed by atoms with van der Waals surface area (Å²) in [7, 11) is 0. The molecule has 0 aliphatic carbocycles. The molecule has 0 atom stereocenters. The molecule has 5 aromatic rings. The number of furan rings is 2. The molecule has 138 valence electrons. The van der Waals surface area contributed by atoms with E-state index < -0.39 is 4.92 Å². The molecule has 28 heavy (non-hydrogen) atoms. The topological polar surface area (TPSA) is 112 Å². The molecule has 0 bridgehead atoms. The quantitative estimate of drug-likeness (QED) is 0.303. The third-order valence-electron chi connectivity index (χ3n) is 3.98. The monoisotopic (exact) mass is 413 g/mol. The Kier molecular flexibility index (Phi) is 3.74. The van der Waals surface area contributed by atoms with Crippen LogP contribution in [-0.2, 0) is 0 Å². The number of rotatable bonds is 4. The van der Waals surface area contributed by atoms with Crippen LogP contribution < -0.4 is 0 Å². The highest BCUT2D eigenvalue weighted by Crippen LogP contribution is 2.36. The number of halogens is 1. The van der Waals surface area contributed by atoms with Crippen LogP contribution in [0, 0.1) is 10.1 Å². The fraction of sp³-hybridized carbons (Fsp3) is 0. The Balaban J connectivity index is 1.52. The van der Waals surface area contributed by atoms with Gasteiger partial charge in [-0.2, -0.15) is 4.52 Å². The molecule has 5 rings (SSSR count). The molecule has 4 heterocycles. The third-order valence-corrected chi connectivity index (χ3v) is 5.20. The van der Waals surface area contributed by atoms with Crippen molar-refractivity contribution >= 4 is 33.6 Å². The van der Waals surface area contributed by atoms with Crippen LogP contribution in [0.1, 0.15) is 0 Å². The number of nitrogens with zero attached hydrogens (tertiary/aromatic N) is 5. The maximum Gasteiger partial charge on any atom is 0.270 e. The van der Waals surface area contributed by atoms with Gasteiger partial charge in [0.25, 0.3) is 5.69 Å². The Hall–Kier alpha value is -3.50. The number of nitro benzene ring substituents is 1. The summed E-state index contributed by atoms with van der Waals surface area (Å²) in [6.07, 6.45) is 1.55. The van der Waals surface area contributed by atoms with E-state index in [1.165, 1.54) is 23.5 Å². The summed E-state index contributed by atoms with van der Waals surface area (Å²) >= 11 is 7.49. The second kappa shape index (κ2) is 6.29. The maximum absolute atomic E-state index is 10.9. The second-order valence-electron chi connectivity index (χ2n) is 5.69. The Morgan fingerprint density at radius 1 is 1.11 bits per heavy atom. The average molecular weight is 414 g/mol. The number of nitro groups is 1. The van der Waals surface area contributed by atoms with E-state index in [0.717, 1.165) is 0 Å². The zero-order valence-electron chi connectivity index (χ0n) is 13.8. The fourth-order valence-corrected chi connectivity index (χ4v) is 3.76. The summed E-state index contributed by atoms with van der Waals surface area (Å²) in [4.78, 5) is 10.9. The molecule has 1 aromatic carbocycles. The van der Waals surface area contributed by atoms with Gasteiger partial charge in [0, 0.05) is 17.7 Å². The molecule has 9 nitrogen and oxygen atoms in total. The first kappa shape index (κ1) is 16.7. The molecule has 0 N–H and O–H groups in total. The summed E-state index contributed by atoms with van der Waals surface area (Å²) in [6, 6.07) is 11.2. The van der Waals surface area contributed by atoms with Gasteiger partial charge in [-0.25, -0.2) is 0 Å². The molecule has 0 aliphatic heterocycles. The number of hydrogen-bond acceptors (Lipinski definition) is 8. The summed E-state index contributed by atoms with van der Waals surface area (Å²) in [6.45, 7) is 0. The fourth-order valence-electron chi connectivity index (χ4n) is 2.69. The predicted molar refractivity (Wildman–Crippen MR) is 101 cm³/mol.